The summed E-state index contributed by atoms with van der Waals surface area (Å²) in [6.45, 7) is 0. The summed E-state index contributed by atoms with van der Waals surface area (Å²) in [7, 11) is 0. The van der Waals surface area contributed by atoms with E-state index in [-0.39, 0.29) is 6.04 Å². The molecular weight excluding hydrogens is 326 g/mol. The summed E-state index contributed by atoms with van der Waals surface area (Å²) in [4.78, 5) is 4.50. The first-order valence-corrected chi connectivity index (χ1v) is 7.61. The van der Waals surface area contributed by atoms with Crippen LogP contribution in [0.3, 0.4) is 0 Å². The third-order valence-electron chi connectivity index (χ3n) is 3.59. The molecule has 0 saturated heterocycles. The second-order valence-corrected chi connectivity index (χ2v) is 5.89. The second-order valence-electron chi connectivity index (χ2n) is 4.97. The Labute approximate surface area is 132 Å². The lowest BCUT2D eigenvalue weighted by Gasteiger charge is -2.18. The number of halogens is 1. The molecule has 21 heavy (non-hydrogen) atoms. The molecule has 3 aromatic rings. The lowest BCUT2D eigenvalue weighted by Crippen LogP contribution is -2.29. The largest absolute Gasteiger partial charge is 0.271 e. The normalized spacial score (nSPS) is 12.5. The van der Waals surface area contributed by atoms with Gasteiger partial charge < -0.3 is 0 Å². The number of fused-ring (bicyclic) bond motifs is 1. The van der Waals surface area contributed by atoms with E-state index in [1.165, 1.54) is 5.56 Å². The van der Waals surface area contributed by atoms with Crippen LogP contribution in [-0.2, 0) is 6.42 Å². The van der Waals surface area contributed by atoms with Gasteiger partial charge in [0.15, 0.2) is 0 Å². The molecule has 106 valence electrons. The maximum absolute atomic E-state index is 5.79. The molecule has 0 spiro atoms. The van der Waals surface area contributed by atoms with E-state index in [1.54, 1.807) is 0 Å². The number of nitrogens with zero attached hydrogens (tertiary/aromatic N) is 1. The monoisotopic (exact) mass is 341 g/mol. The Hall–Kier alpha value is -1.75. The zero-order chi connectivity index (χ0) is 14.7. The predicted octanol–water partition coefficient (Wildman–Crippen LogP) is 3.74. The second kappa shape index (κ2) is 6.35. The van der Waals surface area contributed by atoms with Crippen LogP contribution < -0.4 is 11.3 Å². The van der Waals surface area contributed by atoms with Crippen LogP contribution in [-0.4, -0.2) is 4.98 Å². The minimum Gasteiger partial charge on any atom is -0.271 e. The summed E-state index contributed by atoms with van der Waals surface area (Å²) in [5.41, 5.74) is 6.28. The van der Waals surface area contributed by atoms with E-state index in [2.05, 4.69) is 56.7 Å². The van der Waals surface area contributed by atoms with Crippen molar-refractivity contribution in [3.63, 3.8) is 0 Å². The molecule has 0 fully saturated rings. The van der Waals surface area contributed by atoms with Crippen LogP contribution >= 0.6 is 15.9 Å². The lowest BCUT2D eigenvalue weighted by molar-refractivity contribution is 0.555. The molecule has 0 aliphatic rings. The van der Waals surface area contributed by atoms with E-state index < -0.39 is 0 Å². The summed E-state index contributed by atoms with van der Waals surface area (Å²) in [6, 6.07) is 18.5. The quantitative estimate of drug-likeness (QED) is 0.561. The van der Waals surface area contributed by atoms with Gasteiger partial charge >= 0.3 is 0 Å². The smallest absolute Gasteiger partial charge is 0.0750 e. The van der Waals surface area contributed by atoms with Gasteiger partial charge in [0, 0.05) is 16.1 Å². The molecule has 3 N–H and O–H groups in total. The molecular formula is C17H16BrN3. The number of para-hydroxylation sites is 1. The van der Waals surface area contributed by atoms with Crippen molar-refractivity contribution in [2.75, 3.05) is 0 Å². The first kappa shape index (κ1) is 14.2. The lowest BCUT2D eigenvalue weighted by atomic mass is 9.97. The standard InChI is InChI=1S/C17H16BrN3/c18-14-8-6-12(7-9-14)11-16(21-19)15-5-1-3-13-4-2-10-20-17(13)15/h1-10,16,21H,11,19H2. The Morgan fingerprint density at radius 3 is 2.57 bits per heavy atom. The molecule has 4 heteroatoms. The van der Waals surface area contributed by atoms with Gasteiger partial charge in [-0.25, -0.2) is 0 Å². The molecule has 3 nitrogen and oxygen atoms in total. The molecule has 3 rings (SSSR count). The van der Waals surface area contributed by atoms with Crippen molar-refractivity contribution in [1.29, 1.82) is 0 Å². The van der Waals surface area contributed by atoms with Crippen molar-refractivity contribution in [3.05, 3.63) is 76.4 Å². The van der Waals surface area contributed by atoms with E-state index in [0.717, 1.165) is 27.4 Å². The van der Waals surface area contributed by atoms with Gasteiger partial charge in [-0.3, -0.25) is 16.3 Å². The summed E-state index contributed by atoms with van der Waals surface area (Å²) >= 11 is 3.46. The van der Waals surface area contributed by atoms with E-state index in [9.17, 15) is 0 Å². The first-order valence-electron chi connectivity index (χ1n) is 6.82. The van der Waals surface area contributed by atoms with Crippen LogP contribution in [0.25, 0.3) is 10.9 Å². The maximum atomic E-state index is 5.79. The summed E-state index contributed by atoms with van der Waals surface area (Å²) in [5.74, 6) is 5.79. The molecule has 1 atom stereocenters. The van der Waals surface area contributed by atoms with Crippen molar-refractivity contribution >= 4 is 26.8 Å². The summed E-state index contributed by atoms with van der Waals surface area (Å²) in [5, 5.41) is 1.13. The number of pyridine rings is 1. The highest BCUT2D eigenvalue weighted by Gasteiger charge is 2.14. The molecule has 0 aliphatic carbocycles. The fourth-order valence-electron chi connectivity index (χ4n) is 2.52. The molecule has 1 unspecified atom stereocenters. The van der Waals surface area contributed by atoms with Crippen LogP contribution in [0.15, 0.2) is 65.3 Å². The van der Waals surface area contributed by atoms with Gasteiger partial charge in [-0.05, 0) is 35.7 Å². The topological polar surface area (TPSA) is 50.9 Å². The van der Waals surface area contributed by atoms with Gasteiger partial charge in [-0.15, -0.1) is 0 Å². The van der Waals surface area contributed by atoms with Crippen LogP contribution in [0.5, 0.6) is 0 Å². The summed E-state index contributed by atoms with van der Waals surface area (Å²) in [6.07, 6.45) is 2.64. The Morgan fingerprint density at radius 1 is 1.05 bits per heavy atom. The molecule has 1 heterocycles. The van der Waals surface area contributed by atoms with Crippen molar-refractivity contribution in [2.45, 2.75) is 12.5 Å². The van der Waals surface area contributed by atoms with Crippen LogP contribution in [0.2, 0.25) is 0 Å². The van der Waals surface area contributed by atoms with Gasteiger partial charge in [0.1, 0.15) is 0 Å². The van der Waals surface area contributed by atoms with Crippen molar-refractivity contribution in [3.8, 4) is 0 Å². The fourth-order valence-corrected chi connectivity index (χ4v) is 2.79. The fraction of sp³-hybridized carbons (Fsp3) is 0.118. The molecule has 0 bridgehead atoms. The molecule has 0 radical (unpaired) electrons. The van der Waals surface area contributed by atoms with Gasteiger partial charge in [0.05, 0.1) is 11.6 Å². The Balaban J connectivity index is 1.96. The molecule has 0 amide bonds. The first-order chi connectivity index (χ1) is 10.3. The predicted molar refractivity (Wildman–Crippen MR) is 89.7 cm³/mol. The number of rotatable bonds is 4. The third-order valence-corrected chi connectivity index (χ3v) is 4.12. The van der Waals surface area contributed by atoms with Crippen LogP contribution in [0, 0.1) is 0 Å². The number of aromatic nitrogens is 1. The highest BCUT2D eigenvalue weighted by atomic mass is 79.9. The van der Waals surface area contributed by atoms with Crippen LogP contribution in [0.4, 0.5) is 0 Å². The van der Waals surface area contributed by atoms with Gasteiger partial charge in [0.2, 0.25) is 0 Å². The number of hydrogen-bond acceptors (Lipinski definition) is 3. The van der Waals surface area contributed by atoms with Gasteiger partial charge in [-0.2, -0.15) is 0 Å². The van der Waals surface area contributed by atoms with E-state index in [1.807, 2.05) is 30.5 Å². The molecule has 1 aromatic heterocycles. The Kier molecular flexibility index (Phi) is 4.29. The minimum absolute atomic E-state index is 0.0322. The highest BCUT2D eigenvalue weighted by Crippen LogP contribution is 2.25. The number of nitrogens with two attached hydrogens (primary N) is 1. The number of hydrazine groups is 1. The zero-order valence-corrected chi connectivity index (χ0v) is 13.0. The zero-order valence-electron chi connectivity index (χ0n) is 11.5. The van der Waals surface area contributed by atoms with Crippen LogP contribution in [0.1, 0.15) is 17.2 Å². The number of hydrogen-bond donors (Lipinski definition) is 2. The van der Waals surface area contributed by atoms with Crippen molar-refractivity contribution < 1.29 is 0 Å². The minimum atomic E-state index is 0.0322. The summed E-state index contributed by atoms with van der Waals surface area (Å²) < 4.78 is 1.08. The third kappa shape index (κ3) is 3.13. The van der Waals surface area contributed by atoms with Crippen molar-refractivity contribution in [2.24, 2.45) is 5.84 Å². The Bertz CT molecular complexity index is 735. The highest BCUT2D eigenvalue weighted by molar-refractivity contribution is 9.10. The number of nitrogens with one attached hydrogen (secondary N) is 1. The van der Waals surface area contributed by atoms with E-state index in [0.29, 0.717) is 0 Å². The van der Waals surface area contributed by atoms with Crippen molar-refractivity contribution in [1.82, 2.24) is 10.4 Å². The van der Waals surface area contributed by atoms with Gasteiger partial charge in [-0.1, -0.05) is 52.3 Å². The van der Waals surface area contributed by atoms with E-state index in [4.69, 9.17) is 5.84 Å². The average Bonchev–Trinajstić information content (AvgIpc) is 2.54. The average molecular weight is 342 g/mol. The molecule has 0 aliphatic heterocycles. The SMILES string of the molecule is NNC(Cc1ccc(Br)cc1)c1cccc2cccnc12. The molecule has 2 aromatic carbocycles. The van der Waals surface area contributed by atoms with E-state index >= 15 is 0 Å². The van der Waals surface area contributed by atoms with Gasteiger partial charge in [0.25, 0.3) is 0 Å². The molecule has 0 saturated carbocycles. The maximum Gasteiger partial charge on any atom is 0.0750 e. The Morgan fingerprint density at radius 2 is 1.81 bits per heavy atom. The number of benzene rings is 2.